The van der Waals surface area contributed by atoms with E-state index in [0.717, 1.165) is 22.8 Å². The Morgan fingerprint density at radius 1 is 0.857 bits per heavy atom. The molecule has 21 heavy (non-hydrogen) atoms. The third-order valence-corrected chi connectivity index (χ3v) is 3.78. The molecule has 0 fully saturated rings. The summed E-state index contributed by atoms with van der Waals surface area (Å²) in [6.07, 6.45) is 2.09. The highest BCUT2D eigenvalue weighted by atomic mass is 16.5. The summed E-state index contributed by atoms with van der Waals surface area (Å²) in [6, 6.07) is 20.4. The highest BCUT2D eigenvalue weighted by Crippen LogP contribution is 2.38. The summed E-state index contributed by atoms with van der Waals surface area (Å²) in [5.41, 5.74) is 2.24. The van der Waals surface area contributed by atoms with E-state index in [1.165, 1.54) is 16.3 Å². The van der Waals surface area contributed by atoms with Crippen LogP contribution in [0.15, 0.2) is 60.7 Å². The lowest BCUT2D eigenvalue weighted by Gasteiger charge is -2.19. The molecule has 0 spiro atoms. The molecule has 102 valence electrons. The van der Waals surface area contributed by atoms with Crippen molar-refractivity contribution >= 4 is 22.6 Å². The first-order valence-corrected chi connectivity index (χ1v) is 6.91. The highest BCUT2D eigenvalue weighted by molar-refractivity contribution is 6.01. The molecule has 2 nitrogen and oxygen atoms in total. The minimum Gasteiger partial charge on any atom is -0.497 e. The van der Waals surface area contributed by atoms with E-state index in [1.807, 2.05) is 36.4 Å². The molecular formula is C19H14O2. The molecular weight excluding hydrogens is 260 g/mol. The maximum atomic E-state index is 6.08. The van der Waals surface area contributed by atoms with E-state index in [0.29, 0.717) is 0 Å². The van der Waals surface area contributed by atoms with Crippen LogP contribution in [0.1, 0.15) is 11.1 Å². The van der Waals surface area contributed by atoms with Crippen LogP contribution in [-0.4, -0.2) is 7.11 Å². The van der Waals surface area contributed by atoms with Crippen molar-refractivity contribution in [2.75, 3.05) is 7.11 Å². The Hall–Kier alpha value is -2.74. The molecule has 0 saturated heterocycles. The van der Waals surface area contributed by atoms with Gasteiger partial charge in [-0.05, 0) is 47.4 Å². The van der Waals surface area contributed by atoms with E-state index in [1.54, 1.807) is 7.11 Å². The van der Waals surface area contributed by atoms with Gasteiger partial charge in [0.15, 0.2) is 0 Å². The Morgan fingerprint density at radius 3 is 2.38 bits per heavy atom. The summed E-state index contributed by atoms with van der Waals surface area (Å²) in [5.74, 6) is 2.62. The summed E-state index contributed by atoms with van der Waals surface area (Å²) >= 11 is 0. The Balaban J connectivity index is 1.85. The second kappa shape index (κ2) is 4.67. The summed E-state index contributed by atoms with van der Waals surface area (Å²) < 4.78 is 11.3. The highest BCUT2D eigenvalue weighted by Gasteiger charge is 2.15. The molecule has 0 amide bonds. The molecule has 1 aliphatic rings. The molecule has 0 aliphatic carbocycles. The topological polar surface area (TPSA) is 18.5 Å². The quantitative estimate of drug-likeness (QED) is 0.672. The molecule has 0 unspecified atom stereocenters. The van der Waals surface area contributed by atoms with Crippen LogP contribution >= 0.6 is 0 Å². The van der Waals surface area contributed by atoms with E-state index >= 15 is 0 Å². The monoisotopic (exact) mass is 274 g/mol. The molecule has 3 aromatic carbocycles. The minimum absolute atomic E-state index is 0.845. The maximum Gasteiger partial charge on any atom is 0.135 e. The molecule has 1 heterocycles. The van der Waals surface area contributed by atoms with Crippen LogP contribution in [0.3, 0.4) is 0 Å². The van der Waals surface area contributed by atoms with Crippen molar-refractivity contribution in [3.63, 3.8) is 0 Å². The van der Waals surface area contributed by atoms with Gasteiger partial charge >= 0.3 is 0 Å². The number of methoxy groups -OCH3 is 1. The van der Waals surface area contributed by atoms with Gasteiger partial charge in [-0.3, -0.25) is 0 Å². The van der Waals surface area contributed by atoms with Crippen molar-refractivity contribution < 1.29 is 9.47 Å². The standard InChI is InChI=1S/C19H14O2/c1-20-16-10-8-13(9-11-16)18-12-15-6-2-4-14-5-3-7-17(21-18)19(14)15/h2-12H,1H3. The number of benzene rings is 3. The number of ether oxygens (including phenoxy) is 2. The van der Waals surface area contributed by atoms with E-state index in [4.69, 9.17) is 9.47 Å². The number of hydrogen-bond donors (Lipinski definition) is 0. The normalized spacial score (nSPS) is 12.7. The molecule has 0 aromatic heterocycles. The Bertz CT molecular complexity index is 840. The van der Waals surface area contributed by atoms with Gasteiger partial charge < -0.3 is 9.47 Å². The molecule has 0 bridgehead atoms. The number of hydrogen-bond acceptors (Lipinski definition) is 2. The van der Waals surface area contributed by atoms with E-state index in [-0.39, 0.29) is 0 Å². The maximum absolute atomic E-state index is 6.08. The fourth-order valence-electron chi connectivity index (χ4n) is 2.73. The first kappa shape index (κ1) is 12.0. The summed E-state index contributed by atoms with van der Waals surface area (Å²) in [4.78, 5) is 0. The number of rotatable bonds is 2. The van der Waals surface area contributed by atoms with Crippen molar-refractivity contribution in [3.8, 4) is 11.5 Å². The molecule has 0 radical (unpaired) electrons. The average Bonchev–Trinajstić information content (AvgIpc) is 2.55. The summed E-state index contributed by atoms with van der Waals surface area (Å²) in [6.45, 7) is 0. The molecule has 2 heteroatoms. The fraction of sp³-hybridized carbons (Fsp3) is 0.0526. The van der Waals surface area contributed by atoms with Gasteiger partial charge in [0.2, 0.25) is 0 Å². The zero-order valence-corrected chi connectivity index (χ0v) is 11.7. The lowest BCUT2D eigenvalue weighted by atomic mass is 9.99. The van der Waals surface area contributed by atoms with Crippen molar-refractivity contribution in [1.29, 1.82) is 0 Å². The average molecular weight is 274 g/mol. The molecule has 3 aromatic rings. The van der Waals surface area contributed by atoms with Crippen LogP contribution in [-0.2, 0) is 0 Å². The van der Waals surface area contributed by atoms with Gasteiger partial charge in [-0.1, -0.05) is 30.3 Å². The second-order valence-electron chi connectivity index (χ2n) is 5.04. The van der Waals surface area contributed by atoms with Crippen molar-refractivity contribution in [2.45, 2.75) is 0 Å². The largest absolute Gasteiger partial charge is 0.497 e. The first-order valence-electron chi connectivity index (χ1n) is 6.91. The minimum atomic E-state index is 0.845. The van der Waals surface area contributed by atoms with Gasteiger partial charge in [-0.2, -0.15) is 0 Å². The first-order chi connectivity index (χ1) is 10.3. The lowest BCUT2D eigenvalue weighted by molar-refractivity contribution is 0.414. The van der Waals surface area contributed by atoms with Gasteiger partial charge in [0, 0.05) is 10.9 Å². The fourth-order valence-corrected chi connectivity index (χ4v) is 2.73. The van der Waals surface area contributed by atoms with E-state index in [2.05, 4.69) is 30.3 Å². The van der Waals surface area contributed by atoms with E-state index in [9.17, 15) is 0 Å². The Kier molecular flexibility index (Phi) is 2.68. The van der Waals surface area contributed by atoms with Gasteiger partial charge in [0.05, 0.1) is 7.11 Å². The van der Waals surface area contributed by atoms with Crippen LogP contribution in [0.5, 0.6) is 11.5 Å². The molecule has 4 rings (SSSR count). The van der Waals surface area contributed by atoms with Crippen molar-refractivity contribution in [2.24, 2.45) is 0 Å². The van der Waals surface area contributed by atoms with Crippen LogP contribution in [0.4, 0.5) is 0 Å². The molecule has 0 N–H and O–H groups in total. The second-order valence-corrected chi connectivity index (χ2v) is 5.04. The van der Waals surface area contributed by atoms with Crippen LogP contribution in [0.2, 0.25) is 0 Å². The summed E-state index contributed by atoms with van der Waals surface area (Å²) in [5, 5.41) is 2.38. The van der Waals surface area contributed by atoms with Gasteiger partial charge in [0.25, 0.3) is 0 Å². The third-order valence-electron chi connectivity index (χ3n) is 3.78. The zero-order chi connectivity index (χ0) is 14.2. The smallest absolute Gasteiger partial charge is 0.135 e. The van der Waals surface area contributed by atoms with Crippen molar-refractivity contribution in [1.82, 2.24) is 0 Å². The molecule has 0 atom stereocenters. The van der Waals surface area contributed by atoms with E-state index < -0.39 is 0 Å². The van der Waals surface area contributed by atoms with Crippen LogP contribution in [0.25, 0.3) is 22.6 Å². The summed E-state index contributed by atoms with van der Waals surface area (Å²) in [7, 11) is 1.67. The predicted molar refractivity (Wildman–Crippen MR) is 85.4 cm³/mol. The Morgan fingerprint density at radius 2 is 1.62 bits per heavy atom. The zero-order valence-electron chi connectivity index (χ0n) is 11.7. The van der Waals surface area contributed by atoms with Gasteiger partial charge in [0.1, 0.15) is 17.3 Å². The van der Waals surface area contributed by atoms with Gasteiger partial charge in [-0.15, -0.1) is 0 Å². The van der Waals surface area contributed by atoms with Crippen LogP contribution < -0.4 is 9.47 Å². The SMILES string of the molecule is COc1ccc(C2=Cc3cccc4cccc(c34)O2)cc1. The lowest BCUT2D eigenvalue weighted by Crippen LogP contribution is -2.00. The van der Waals surface area contributed by atoms with Crippen molar-refractivity contribution in [3.05, 3.63) is 71.8 Å². The third kappa shape index (κ3) is 1.96. The molecule has 0 saturated carbocycles. The van der Waals surface area contributed by atoms with Crippen LogP contribution in [0, 0.1) is 0 Å². The predicted octanol–water partition coefficient (Wildman–Crippen LogP) is 4.74. The molecule has 1 aliphatic heterocycles. The Labute approximate surface area is 123 Å². The van der Waals surface area contributed by atoms with Gasteiger partial charge in [-0.25, -0.2) is 0 Å².